The highest BCUT2D eigenvalue weighted by Crippen LogP contribution is 2.13. The van der Waals surface area contributed by atoms with Crippen molar-refractivity contribution in [3.05, 3.63) is 52.2 Å². The Hall–Kier alpha value is -2.16. The fourth-order valence-electron chi connectivity index (χ4n) is 1.55. The summed E-state index contributed by atoms with van der Waals surface area (Å²) in [6.07, 6.45) is -0.534. The van der Waals surface area contributed by atoms with Crippen LogP contribution < -0.4 is 5.32 Å². The van der Waals surface area contributed by atoms with Crippen LogP contribution in [0.4, 0.5) is 5.69 Å². The summed E-state index contributed by atoms with van der Waals surface area (Å²) in [7, 11) is 0. The van der Waals surface area contributed by atoms with E-state index in [1.807, 2.05) is 23.6 Å². The molecule has 0 bridgehead atoms. The molecule has 0 saturated heterocycles. The lowest BCUT2D eigenvalue weighted by Gasteiger charge is -2.12. The van der Waals surface area contributed by atoms with Crippen molar-refractivity contribution in [2.75, 3.05) is 5.32 Å². The molecule has 1 unspecified atom stereocenters. The standard InChI is InChI=1S/C15H14N2O2S/c1-11(19-10-14-3-2-8-20-14)15(18)17-13-6-4-12(9-16)5-7-13/h2-8,11H,10H2,1H3,(H,17,18). The number of carbonyl (C=O) groups is 1. The molecule has 0 fully saturated rings. The Morgan fingerprint density at radius 1 is 1.40 bits per heavy atom. The van der Waals surface area contributed by atoms with Crippen molar-refractivity contribution in [1.82, 2.24) is 0 Å². The first-order valence-electron chi connectivity index (χ1n) is 6.14. The van der Waals surface area contributed by atoms with Crippen LogP contribution in [0.1, 0.15) is 17.4 Å². The molecule has 0 aliphatic heterocycles. The molecule has 102 valence electrons. The Bertz CT molecular complexity index is 600. The molecule has 20 heavy (non-hydrogen) atoms. The average molecular weight is 286 g/mol. The molecular formula is C15H14N2O2S. The number of rotatable bonds is 5. The number of hydrogen-bond donors (Lipinski definition) is 1. The summed E-state index contributed by atoms with van der Waals surface area (Å²) >= 11 is 1.60. The van der Waals surface area contributed by atoms with Crippen molar-refractivity contribution in [3.63, 3.8) is 0 Å². The highest BCUT2D eigenvalue weighted by molar-refractivity contribution is 7.09. The van der Waals surface area contributed by atoms with Gasteiger partial charge in [0.25, 0.3) is 5.91 Å². The first-order chi connectivity index (χ1) is 9.69. The van der Waals surface area contributed by atoms with Gasteiger partial charge in [0.15, 0.2) is 0 Å². The molecule has 1 heterocycles. The average Bonchev–Trinajstić information content (AvgIpc) is 2.98. The second-order valence-electron chi connectivity index (χ2n) is 4.21. The van der Waals surface area contributed by atoms with Crippen LogP contribution in [0, 0.1) is 11.3 Å². The maximum atomic E-state index is 11.9. The zero-order valence-corrected chi connectivity index (χ0v) is 11.8. The second kappa shape index (κ2) is 6.85. The minimum atomic E-state index is -0.534. The van der Waals surface area contributed by atoms with E-state index in [1.54, 1.807) is 42.5 Å². The Morgan fingerprint density at radius 2 is 2.15 bits per heavy atom. The first-order valence-corrected chi connectivity index (χ1v) is 7.02. The molecular weight excluding hydrogens is 272 g/mol. The maximum Gasteiger partial charge on any atom is 0.253 e. The highest BCUT2D eigenvalue weighted by Gasteiger charge is 2.13. The molecule has 0 aliphatic carbocycles. The van der Waals surface area contributed by atoms with Crippen LogP contribution in [0.15, 0.2) is 41.8 Å². The minimum absolute atomic E-state index is 0.203. The molecule has 2 rings (SSSR count). The van der Waals surface area contributed by atoms with Gasteiger partial charge in [-0.05, 0) is 42.6 Å². The lowest BCUT2D eigenvalue weighted by atomic mass is 10.2. The summed E-state index contributed by atoms with van der Waals surface area (Å²) in [5.41, 5.74) is 1.21. The Morgan fingerprint density at radius 3 is 2.75 bits per heavy atom. The number of thiophene rings is 1. The number of nitrogens with zero attached hydrogens (tertiary/aromatic N) is 1. The molecule has 0 radical (unpaired) electrons. The van der Waals surface area contributed by atoms with Gasteiger partial charge in [0, 0.05) is 10.6 Å². The van der Waals surface area contributed by atoms with Gasteiger partial charge in [-0.2, -0.15) is 5.26 Å². The largest absolute Gasteiger partial charge is 0.363 e. The van der Waals surface area contributed by atoms with E-state index in [1.165, 1.54) is 0 Å². The van der Waals surface area contributed by atoms with Crippen LogP contribution in [0.2, 0.25) is 0 Å². The minimum Gasteiger partial charge on any atom is -0.363 e. The van der Waals surface area contributed by atoms with Crippen molar-refractivity contribution in [1.29, 1.82) is 5.26 Å². The molecule has 1 aromatic heterocycles. The van der Waals surface area contributed by atoms with Crippen LogP contribution >= 0.6 is 11.3 Å². The molecule has 5 heteroatoms. The summed E-state index contributed by atoms with van der Waals surface area (Å²) in [6, 6.07) is 12.7. The number of ether oxygens (including phenoxy) is 1. The smallest absolute Gasteiger partial charge is 0.253 e. The van der Waals surface area contributed by atoms with E-state index in [-0.39, 0.29) is 5.91 Å². The summed E-state index contributed by atoms with van der Waals surface area (Å²) in [5, 5.41) is 13.4. The van der Waals surface area contributed by atoms with Gasteiger partial charge in [-0.1, -0.05) is 6.07 Å². The summed E-state index contributed by atoms with van der Waals surface area (Å²) in [5.74, 6) is -0.203. The zero-order valence-electron chi connectivity index (χ0n) is 11.0. The predicted octanol–water partition coefficient (Wildman–Crippen LogP) is 3.16. The predicted molar refractivity (Wildman–Crippen MR) is 78.4 cm³/mol. The quantitative estimate of drug-likeness (QED) is 0.918. The van der Waals surface area contributed by atoms with Gasteiger partial charge < -0.3 is 10.1 Å². The molecule has 0 spiro atoms. The molecule has 1 atom stereocenters. The Labute approximate surface area is 121 Å². The van der Waals surface area contributed by atoms with Gasteiger partial charge in [-0.3, -0.25) is 4.79 Å². The third-order valence-electron chi connectivity index (χ3n) is 2.71. The van der Waals surface area contributed by atoms with E-state index in [2.05, 4.69) is 5.32 Å². The molecule has 0 aliphatic rings. The van der Waals surface area contributed by atoms with Crippen molar-refractivity contribution in [2.45, 2.75) is 19.6 Å². The van der Waals surface area contributed by atoms with Gasteiger partial charge in [0.05, 0.1) is 18.2 Å². The van der Waals surface area contributed by atoms with E-state index >= 15 is 0 Å². The van der Waals surface area contributed by atoms with Crippen molar-refractivity contribution >= 4 is 22.9 Å². The lowest BCUT2D eigenvalue weighted by molar-refractivity contribution is -0.127. The van der Waals surface area contributed by atoms with E-state index in [4.69, 9.17) is 10.00 Å². The first kappa shape index (κ1) is 14.3. The van der Waals surface area contributed by atoms with Crippen LogP contribution in [-0.4, -0.2) is 12.0 Å². The summed E-state index contributed by atoms with van der Waals surface area (Å²) in [6.45, 7) is 2.15. The fourth-order valence-corrected chi connectivity index (χ4v) is 2.17. The second-order valence-corrected chi connectivity index (χ2v) is 5.24. The number of nitrogens with one attached hydrogen (secondary N) is 1. The van der Waals surface area contributed by atoms with Gasteiger partial charge in [0.2, 0.25) is 0 Å². The van der Waals surface area contributed by atoms with Gasteiger partial charge in [-0.25, -0.2) is 0 Å². The topological polar surface area (TPSA) is 62.1 Å². The molecule has 4 nitrogen and oxygen atoms in total. The van der Waals surface area contributed by atoms with E-state index in [0.717, 1.165) is 4.88 Å². The maximum absolute atomic E-state index is 11.9. The van der Waals surface area contributed by atoms with Crippen LogP contribution in [0.25, 0.3) is 0 Å². The van der Waals surface area contributed by atoms with E-state index in [0.29, 0.717) is 17.9 Å². The summed E-state index contributed by atoms with van der Waals surface area (Å²) in [4.78, 5) is 13.0. The zero-order chi connectivity index (χ0) is 14.4. The Balaban J connectivity index is 1.85. The molecule has 2 aromatic rings. The van der Waals surface area contributed by atoms with Crippen LogP contribution in [0.3, 0.4) is 0 Å². The van der Waals surface area contributed by atoms with Crippen LogP contribution in [-0.2, 0) is 16.1 Å². The van der Waals surface area contributed by atoms with E-state index < -0.39 is 6.10 Å². The molecule has 1 amide bonds. The fraction of sp³-hybridized carbons (Fsp3) is 0.200. The van der Waals surface area contributed by atoms with Crippen LogP contribution in [0.5, 0.6) is 0 Å². The number of carbonyl (C=O) groups excluding carboxylic acids is 1. The molecule has 1 aromatic carbocycles. The Kier molecular flexibility index (Phi) is 4.88. The third-order valence-corrected chi connectivity index (χ3v) is 3.56. The van der Waals surface area contributed by atoms with E-state index in [9.17, 15) is 4.79 Å². The number of nitriles is 1. The lowest BCUT2D eigenvalue weighted by Crippen LogP contribution is -2.27. The van der Waals surface area contributed by atoms with Crippen molar-refractivity contribution in [2.24, 2.45) is 0 Å². The number of anilines is 1. The number of amides is 1. The van der Waals surface area contributed by atoms with Crippen molar-refractivity contribution < 1.29 is 9.53 Å². The summed E-state index contributed by atoms with van der Waals surface area (Å²) < 4.78 is 5.51. The monoisotopic (exact) mass is 286 g/mol. The molecule has 1 N–H and O–H groups in total. The van der Waals surface area contributed by atoms with Gasteiger partial charge in [0.1, 0.15) is 6.10 Å². The number of hydrogen-bond acceptors (Lipinski definition) is 4. The van der Waals surface area contributed by atoms with Gasteiger partial charge >= 0.3 is 0 Å². The normalized spacial score (nSPS) is 11.6. The SMILES string of the molecule is CC(OCc1cccs1)C(=O)Nc1ccc(C#N)cc1. The van der Waals surface area contributed by atoms with Gasteiger partial charge in [-0.15, -0.1) is 11.3 Å². The number of benzene rings is 1. The molecule has 0 saturated carbocycles. The van der Waals surface area contributed by atoms with Crippen molar-refractivity contribution in [3.8, 4) is 6.07 Å². The highest BCUT2D eigenvalue weighted by atomic mass is 32.1. The third kappa shape index (κ3) is 3.92.